The molecule has 27 heavy (non-hydrogen) atoms. The molecule has 2 aromatic rings. The minimum absolute atomic E-state index is 0.0937. The molecule has 0 aliphatic heterocycles. The smallest absolute Gasteiger partial charge is 0.145 e. The van der Waals surface area contributed by atoms with Crippen molar-refractivity contribution >= 4 is 11.4 Å². The van der Waals surface area contributed by atoms with Gasteiger partial charge in [-0.05, 0) is 60.2 Å². The highest BCUT2D eigenvalue weighted by Gasteiger charge is 2.25. The summed E-state index contributed by atoms with van der Waals surface area (Å²) in [6.45, 7) is 6.15. The summed E-state index contributed by atoms with van der Waals surface area (Å²) in [4.78, 5) is 0. The highest BCUT2D eigenvalue weighted by atomic mass is 16.5. The molecule has 0 aromatic heterocycles. The molecule has 136 valence electrons. The molecule has 3 nitrogen and oxygen atoms in total. The molecule has 0 saturated heterocycles. The van der Waals surface area contributed by atoms with Crippen LogP contribution < -0.4 is 9.75 Å². The molecule has 0 unspecified atom stereocenters. The number of nitrogens with zero attached hydrogens (tertiary/aromatic N) is 2. The molecule has 0 amide bonds. The van der Waals surface area contributed by atoms with Gasteiger partial charge in [0.25, 0.3) is 0 Å². The van der Waals surface area contributed by atoms with E-state index in [9.17, 15) is 0 Å². The van der Waals surface area contributed by atoms with Gasteiger partial charge in [-0.3, -0.25) is 5.01 Å². The number of hydrogen-bond acceptors (Lipinski definition) is 3. The van der Waals surface area contributed by atoms with E-state index >= 15 is 0 Å². The van der Waals surface area contributed by atoms with Gasteiger partial charge in [0, 0.05) is 7.05 Å². The van der Waals surface area contributed by atoms with Gasteiger partial charge >= 0.3 is 0 Å². The molecular weight excluding hydrogens is 332 g/mol. The summed E-state index contributed by atoms with van der Waals surface area (Å²) in [5.41, 5.74) is 6.59. The Kier molecular flexibility index (Phi) is 4.68. The average Bonchev–Trinajstić information content (AvgIpc) is 3.08. The van der Waals surface area contributed by atoms with Crippen LogP contribution in [0.15, 0.2) is 84.0 Å². The lowest BCUT2D eigenvalue weighted by Gasteiger charge is -2.23. The fourth-order valence-electron chi connectivity index (χ4n) is 3.60. The van der Waals surface area contributed by atoms with E-state index in [1.807, 2.05) is 42.4 Å². The minimum Gasteiger partial charge on any atom is -0.483 e. The minimum atomic E-state index is 0.0937. The van der Waals surface area contributed by atoms with E-state index in [4.69, 9.17) is 9.84 Å². The third kappa shape index (κ3) is 3.59. The van der Waals surface area contributed by atoms with Crippen LogP contribution in [0.1, 0.15) is 29.2 Å². The first-order valence-corrected chi connectivity index (χ1v) is 9.33. The van der Waals surface area contributed by atoms with Crippen molar-refractivity contribution in [3.8, 4) is 5.75 Å². The Hall–Kier alpha value is -3.07. The van der Waals surface area contributed by atoms with Gasteiger partial charge in [-0.2, -0.15) is 5.10 Å². The van der Waals surface area contributed by atoms with Gasteiger partial charge < -0.3 is 4.74 Å². The van der Waals surface area contributed by atoms with E-state index < -0.39 is 0 Å². The van der Waals surface area contributed by atoms with E-state index in [1.54, 1.807) is 0 Å². The summed E-state index contributed by atoms with van der Waals surface area (Å²) in [5, 5.41) is 6.62. The molecule has 0 bridgehead atoms. The van der Waals surface area contributed by atoms with Crippen molar-refractivity contribution in [2.24, 2.45) is 5.10 Å². The van der Waals surface area contributed by atoms with E-state index in [1.165, 1.54) is 16.7 Å². The third-order valence-corrected chi connectivity index (χ3v) is 5.06. The third-order valence-electron chi connectivity index (χ3n) is 5.06. The maximum atomic E-state index is 6.46. The molecule has 1 atom stereocenters. The topological polar surface area (TPSA) is 24.8 Å². The van der Waals surface area contributed by atoms with Gasteiger partial charge in [-0.25, -0.2) is 0 Å². The molecule has 0 heterocycles. The largest absolute Gasteiger partial charge is 0.483 e. The van der Waals surface area contributed by atoms with E-state index in [2.05, 4.69) is 49.9 Å². The van der Waals surface area contributed by atoms with Crippen molar-refractivity contribution in [3.63, 3.8) is 0 Å². The van der Waals surface area contributed by atoms with Crippen LogP contribution in [-0.4, -0.2) is 12.8 Å². The standard InChI is InChI=1S/C24H24N2O/c1-17-12-14-24(27-23-15-13-19-9-5-6-10-20(19)23)22(16-17)26(3)25-21-11-7-4-8-18(21)2/h4-12,14,16,23H,2,13,15H2,1,3H3/b25-21-/t23-/m0/s1. The molecule has 2 aromatic carbocycles. The number of fused-ring (bicyclic) bond motifs is 1. The molecule has 3 heteroatoms. The van der Waals surface area contributed by atoms with E-state index in [-0.39, 0.29) is 6.10 Å². The van der Waals surface area contributed by atoms with Gasteiger partial charge in [0.05, 0.1) is 5.71 Å². The highest BCUT2D eigenvalue weighted by molar-refractivity contribution is 6.11. The van der Waals surface area contributed by atoms with Crippen LogP contribution in [0.3, 0.4) is 0 Å². The molecule has 0 saturated carbocycles. The normalized spacial score (nSPS) is 19.4. The van der Waals surface area contributed by atoms with E-state index in [0.29, 0.717) is 0 Å². The number of ether oxygens (including phenoxy) is 1. The number of anilines is 1. The quantitative estimate of drug-likeness (QED) is 0.672. The molecule has 0 N–H and O–H groups in total. The summed E-state index contributed by atoms with van der Waals surface area (Å²) in [6.07, 6.45) is 10.1. The van der Waals surface area contributed by atoms with Crippen LogP contribution in [0.4, 0.5) is 5.69 Å². The van der Waals surface area contributed by atoms with Gasteiger partial charge in [0.1, 0.15) is 17.5 Å². The van der Waals surface area contributed by atoms with Crippen molar-refractivity contribution in [1.82, 2.24) is 0 Å². The number of benzene rings is 2. The van der Waals surface area contributed by atoms with Crippen molar-refractivity contribution in [1.29, 1.82) is 0 Å². The van der Waals surface area contributed by atoms with Crippen LogP contribution >= 0.6 is 0 Å². The summed E-state index contributed by atoms with van der Waals surface area (Å²) < 4.78 is 6.46. The Morgan fingerprint density at radius 3 is 2.78 bits per heavy atom. The predicted octanol–water partition coefficient (Wildman–Crippen LogP) is 5.54. The monoisotopic (exact) mass is 356 g/mol. The lowest BCUT2D eigenvalue weighted by molar-refractivity contribution is 0.208. The number of hydrazone groups is 1. The highest BCUT2D eigenvalue weighted by Crippen LogP contribution is 2.38. The van der Waals surface area contributed by atoms with Crippen molar-refractivity contribution in [2.75, 3.05) is 12.1 Å². The average molecular weight is 356 g/mol. The summed E-state index contributed by atoms with van der Waals surface area (Å²) in [7, 11) is 1.96. The van der Waals surface area contributed by atoms with Crippen LogP contribution in [0.2, 0.25) is 0 Å². The fourth-order valence-corrected chi connectivity index (χ4v) is 3.60. The number of allylic oxidation sites excluding steroid dienone is 5. The van der Waals surface area contributed by atoms with Crippen LogP contribution in [-0.2, 0) is 6.42 Å². The lowest BCUT2D eigenvalue weighted by atomic mass is 10.1. The zero-order valence-electron chi connectivity index (χ0n) is 15.9. The molecule has 4 rings (SSSR count). The second-order valence-corrected chi connectivity index (χ2v) is 7.07. The van der Waals surface area contributed by atoms with Crippen molar-refractivity contribution in [3.05, 3.63) is 95.6 Å². The maximum Gasteiger partial charge on any atom is 0.145 e. The summed E-state index contributed by atoms with van der Waals surface area (Å²) in [5.74, 6) is 0.857. The second-order valence-electron chi connectivity index (χ2n) is 7.07. The molecular formula is C24H24N2O. The number of hydrogen-bond donors (Lipinski definition) is 0. The Morgan fingerprint density at radius 2 is 1.93 bits per heavy atom. The van der Waals surface area contributed by atoms with Crippen molar-refractivity contribution in [2.45, 2.75) is 25.9 Å². The second kappa shape index (κ2) is 7.28. The van der Waals surface area contributed by atoms with Crippen LogP contribution in [0.5, 0.6) is 5.75 Å². The maximum absolute atomic E-state index is 6.46. The SMILES string of the molecule is C=C1C=CC=C/C1=N/N(C)c1cc(C)ccc1O[C@H]1CCc2ccccc21. The first-order valence-electron chi connectivity index (χ1n) is 9.33. The summed E-state index contributed by atoms with van der Waals surface area (Å²) in [6, 6.07) is 14.8. The molecule has 0 fully saturated rings. The molecule has 0 radical (unpaired) electrons. The molecule has 2 aliphatic carbocycles. The Bertz CT molecular complexity index is 968. The zero-order valence-corrected chi connectivity index (χ0v) is 15.9. The fraction of sp³-hybridized carbons (Fsp3) is 0.208. The first-order chi connectivity index (χ1) is 13.1. The zero-order chi connectivity index (χ0) is 18.8. The van der Waals surface area contributed by atoms with Gasteiger partial charge in [0.2, 0.25) is 0 Å². The Labute approximate surface area is 161 Å². The molecule has 0 spiro atoms. The van der Waals surface area contributed by atoms with Gasteiger partial charge in [0.15, 0.2) is 0 Å². The molecule has 2 aliphatic rings. The number of aryl methyl sites for hydroxylation is 2. The van der Waals surface area contributed by atoms with Gasteiger partial charge in [-0.1, -0.05) is 55.1 Å². The van der Waals surface area contributed by atoms with Gasteiger partial charge in [-0.15, -0.1) is 0 Å². The van der Waals surface area contributed by atoms with E-state index in [0.717, 1.165) is 35.6 Å². The van der Waals surface area contributed by atoms with Crippen LogP contribution in [0, 0.1) is 6.92 Å². The Morgan fingerprint density at radius 1 is 1.11 bits per heavy atom. The first kappa shape index (κ1) is 17.3. The van der Waals surface area contributed by atoms with Crippen molar-refractivity contribution < 1.29 is 4.74 Å². The summed E-state index contributed by atoms with van der Waals surface area (Å²) >= 11 is 0. The number of rotatable bonds is 4. The Balaban J connectivity index is 1.63. The lowest BCUT2D eigenvalue weighted by Crippen LogP contribution is -2.15. The van der Waals surface area contributed by atoms with Crippen LogP contribution in [0.25, 0.3) is 0 Å². The predicted molar refractivity (Wildman–Crippen MR) is 113 cm³/mol.